The molecule has 3 heterocycles. The van der Waals surface area contributed by atoms with Gasteiger partial charge in [0.25, 0.3) is 0 Å². The molecule has 150 valence electrons. The molecule has 0 atom stereocenters. The number of benzene rings is 1. The fraction of sp³-hybridized carbons (Fsp3) is 0.353. The van der Waals surface area contributed by atoms with Gasteiger partial charge >= 0.3 is 0 Å². The highest BCUT2D eigenvalue weighted by molar-refractivity contribution is 9.10. The van der Waals surface area contributed by atoms with Crippen LogP contribution in [-0.2, 0) is 14.8 Å². The number of nitrogens with one attached hydrogen (secondary N) is 1. The zero-order chi connectivity index (χ0) is 20.1. The molecule has 0 aliphatic carbocycles. The summed E-state index contributed by atoms with van der Waals surface area (Å²) < 4.78 is 28.3. The van der Waals surface area contributed by atoms with Gasteiger partial charge in [0.05, 0.1) is 11.1 Å². The van der Waals surface area contributed by atoms with Gasteiger partial charge in [-0.25, -0.2) is 8.42 Å². The van der Waals surface area contributed by atoms with Gasteiger partial charge in [0.1, 0.15) is 19.1 Å². The number of nitrogens with zero attached hydrogens (tertiary/aromatic N) is 2. The number of amides is 1. The first-order valence-corrected chi connectivity index (χ1v) is 12.3. The highest BCUT2D eigenvalue weighted by Crippen LogP contribution is 2.45. The molecular weight excluding hydrogens is 509 g/mol. The van der Waals surface area contributed by atoms with Gasteiger partial charge in [-0.1, -0.05) is 41.4 Å². The quantitative estimate of drug-likeness (QED) is 0.660. The molecule has 0 unspecified atom stereocenters. The third kappa shape index (κ3) is 3.16. The highest BCUT2D eigenvalue weighted by Gasteiger charge is 2.52. The second-order valence-electron chi connectivity index (χ2n) is 6.66. The lowest BCUT2D eigenvalue weighted by atomic mass is 9.86. The fourth-order valence-electron chi connectivity index (χ4n) is 3.82. The summed E-state index contributed by atoms with van der Waals surface area (Å²) in [5.74, 6) is -0.0637. The predicted molar refractivity (Wildman–Crippen MR) is 115 cm³/mol. The van der Waals surface area contributed by atoms with Gasteiger partial charge < -0.3 is 10.2 Å². The third-order valence-corrected chi connectivity index (χ3v) is 10.6. The smallest absolute Gasteiger partial charge is 0.247 e. The number of piperidine rings is 1. The van der Waals surface area contributed by atoms with Crippen LogP contribution < -0.4 is 10.2 Å². The summed E-state index contributed by atoms with van der Waals surface area (Å²) in [4.78, 5) is 14.7. The number of thiophene rings is 1. The molecule has 1 N–H and O–H groups in total. The fourth-order valence-corrected chi connectivity index (χ4v) is 8.74. The second-order valence-corrected chi connectivity index (χ2v) is 11.5. The van der Waals surface area contributed by atoms with E-state index >= 15 is 0 Å². The van der Waals surface area contributed by atoms with Crippen molar-refractivity contribution in [1.29, 1.82) is 0 Å². The molecule has 0 saturated carbocycles. The van der Waals surface area contributed by atoms with Gasteiger partial charge in [-0.05, 0) is 40.9 Å². The summed E-state index contributed by atoms with van der Waals surface area (Å²) >= 11 is 16.4. The Balaban J connectivity index is 1.61. The maximum absolute atomic E-state index is 13.1. The van der Waals surface area contributed by atoms with Crippen LogP contribution in [0.25, 0.3) is 0 Å². The van der Waals surface area contributed by atoms with E-state index in [0.29, 0.717) is 23.8 Å². The average molecular weight is 525 g/mol. The van der Waals surface area contributed by atoms with E-state index in [1.807, 2.05) is 35.2 Å². The normalized spacial score (nSPS) is 20.0. The maximum Gasteiger partial charge on any atom is 0.247 e. The molecule has 2 fully saturated rings. The van der Waals surface area contributed by atoms with Crippen molar-refractivity contribution in [3.63, 3.8) is 0 Å². The minimum absolute atomic E-state index is 0.00379. The van der Waals surface area contributed by atoms with E-state index < -0.39 is 15.6 Å². The second kappa shape index (κ2) is 7.45. The highest BCUT2D eigenvalue weighted by atomic mass is 79.9. The first-order chi connectivity index (χ1) is 13.3. The predicted octanol–water partition coefficient (Wildman–Crippen LogP) is 3.93. The summed E-state index contributed by atoms with van der Waals surface area (Å²) in [7, 11) is -3.82. The lowest BCUT2D eigenvalue weighted by Crippen LogP contribution is -2.57. The molecular formula is C17H16BrCl2N3O3S2. The lowest BCUT2D eigenvalue weighted by Gasteiger charge is -2.42. The van der Waals surface area contributed by atoms with Gasteiger partial charge in [0.15, 0.2) is 0 Å². The van der Waals surface area contributed by atoms with Crippen molar-refractivity contribution in [2.75, 3.05) is 24.7 Å². The van der Waals surface area contributed by atoms with Crippen LogP contribution in [0.15, 0.2) is 39.7 Å². The Bertz CT molecular complexity index is 1020. The monoisotopic (exact) mass is 523 g/mol. The van der Waals surface area contributed by atoms with E-state index in [1.54, 1.807) is 0 Å². The number of hydrogen-bond acceptors (Lipinski definition) is 5. The molecule has 6 nitrogen and oxygen atoms in total. The van der Waals surface area contributed by atoms with Crippen molar-refractivity contribution < 1.29 is 13.2 Å². The summed E-state index contributed by atoms with van der Waals surface area (Å²) in [5.41, 5.74) is 0.188. The molecule has 2 aliphatic rings. The van der Waals surface area contributed by atoms with Crippen molar-refractivity contribution in [3.8, 4) is 0 Å². The molecule has 1 spiro atoms. The molecule has 0 radical (unpaired) electrons. The SMILES string of the molecule is O=C1NCN(c2ccccc2)C12CCN(S(=O)(=O)c1c(Cl)sc(Cl)c1Br)CC2. The molecule has 11 heteroatoms. The van der Waals surface area contributed by atoms with E-state index in [9.17, 15) is 13.2 Å². The van der Waals surface area contributed by atoms with Crippen molar-refractivity contribution in [3.05, 3.63) is 43.5 Å². The summed E-state index contributed by atoms with van der Waals surface area (Å²) in [6.45, 7) is 0.845. The van der Waals surface area contributed by atoms with Crippen LogP contribution in [0, 0.1) is 0 Å². The Morgan fingerprint density at radius 3 is 2.32 bits per heavy atom. The molecule has 1 amide bonds. The van der Waals surface area contributed by atoms with Crippen molar-refractivity contribution >= 4 is 72.1 Å². The van der Waals surface area contributed by atoms with Crippen molar-refractivity contribution in [1.82, 2.24) is 9.62 Å². The van der Waals surface area contributed by atoms with E-state index in [1.165, 1.54) is 4.31 Å². The van der Waals surface area contributed by atoms with Crippen molar-refractivity contribution in [2.24, 2.45) is 0 Å². The minimum atomic E-state index is -3.82. The van der Waals surface area contributed by atoms with Gasteiger partial charge in [-0.3, -0.25) is 4.79 Å². The summed E-state index contributed by atoms with van der Waals surface area (Å²) in [5, 5.41) is 2.91. The molecule has 1 aromatic carbocycles. The summed E-state index contributed by atoms with van der Waals surface area (Å²) in [6, 6.07) is 9.67. The average Bonchev–Trinajstić information content (AvgIpc) is 3.12. The number of para-hydroxylation sites is 1. The van der Waals surface area contributed by atoms with Gasteiger partial charge in [-0.15, -0.1) is 11.3 Å². The molecule has 2 aliphatic heterocycles. The molecule has 2 saturated heterocycles. The molecule has 1 aromatic heterocycles. The van der Waals surface area contributed by atoms with Crippen molar-refractivity contribution in [2.45, 2.75) is 23.3 Å². The Hall–Kier alpha value is -0.840. The number of hydrogen-bond donors (Lipinski definition) is 1. The minimum Gasteiger partial charge on any atom is -0.339 e. The first-order valence-electron chi connectivity index (χ1n) is 8.52. The van der Waals surface area contributed by atoms with Crippen LogP contribution in [0.3, 0.4) is 0 Å². The number of carbonyl (C=O) groups is 1. The Labute approximate surface area is 185 Å². The lowest BCUT2D eigenvalue weighted by molar-refractivity contribution is -0.124. The number of rotatable bonds is 3. The summed E-state index contributed by atoms with van der Waals surface area (Å²) in [6.07, 6.45) is 0.778. The van der Waals surface area contributed by atoms with Crippen LogP contribution in [0.4, 0.5) is 5.69 Å². The standard InChI is InChI=1S/C17H16BrCl2N3O3S2/c18-12-13(15(20)27-14(12)19)28(25,26)22-8-6-17(7-9-22)16(24)21-10-23(17)11-4-2-1-3-5-11/h1-5H,6-10H2,(H,21,24). The largest absolute Gasteiger partial charge is 0.339 e. The molecule has 2 aromatic rings. The van der Waals surface area contributed by atoms with Gasteiger partial charge in [0.2, 0.25) is 15.9 Å². The molecule has 28 heavy (non-hydrogen) atoms. The topological polar surface area (TPSA) is 69.7 Å². The Kier molecular flexibility index (Phi) is 5.43. The Morgan fingerprint density at radius 1 is 1.11 bits per heavy atom. The number of anilines is 1. The van der Waals surface area contributed by atoms with E-state index in [4.69, 9.17) is 23.2 Å². The van der Waals surface area contributed by atoms with Gasteiger partial charge in [0, 0.05) is 18.8 Å². The van der Waals surface area contributed by atoms with E-state index in [-0.39, 0.29) is 32.7 Å². The molecule has 0 bridgehead atoms. The number of carbonyl (C=O) groups excluding carboxylic acids is 1. The van der Waals surface area contributed by atoms with Crippen LogP contribution in [0.2, 0.25) is 8.67 Å². The number of halogens is 3. The number of sulfonamides is 1. The Morgan fingerprint density at radius 2 is 1.75 bits per heavy atom. The zero-order valence-corrected chi connectivity index (χ0v) is 19.2. The van der Waals surface area contributed by atoms with Gasteiger partial charge in [-0.2, -0.15) is 4.31 Å². The first kappa shape index (κ1) is 20.4. The maximum atomic E-state index is 13.1. The third-order valence-electron chi connectivity index (χ3n) is 5.28. The van der Waals surface area contributed by atoms with E-state index in [2.05, 4.69) is 21.2 Å². The van der Waals surface area contributed by atoms with E-state index in [0.717, 1.165) is 17.0 Å². The van der Waals surface area contributed by atoms with Crippen LogP contribution in [0.1, 0.15) is 12.8 Å². The van der Waals surface area contributed by atoms with Crippen LogP contribution in [-0.4, -0.2) is 43.9 Å². The van der Waals surface area contributed by atoms with Crippen LogP contribution >= 0.6 is 50.5 Å². The molecule has 4 rings (SSSR count). The van der Waals surface area contributed by atoms with Crippen LogP contribution in [0.5, 0.6) is 0 Å². The zero-order valence-electron chi connectivity index (χ0n) is 14.5.